The Morgan fingerprint density at radius 3 is 2.47 bits per heavy atom. The highest BCUT2D eigenvalue weighted by molar-refractivity contribution is 5.76. The van der Waals surface area contributed by atoms with Crippen molar-refractivity contribution in [2.45, 2.75) is 38.5 Å². The van der Waals surface area contributed by atoms with Gasteiger partial charge >= 0.3 is 0 Å². The maximum absolute atomic E-state index is 11.5. The Hall–Kier alpha value is -1.39. The number of rotatable bonds is 5. The summed E-state index contributed by atoms with van der Waals surface area (Å²) in [4.78, 5) is 11.5. The predicted molar refractivity (Wildman–Crippen MR) is 67.3 cm³/mol. The van der Waals surface area contributed by atoms with Crippen molar-refractivity contribution in [3.8, 4) is 0 Å². The summed E-state index contributed by atoms with van der Waals surface area (Å²) in [5, 5.41) is 12.8. The first kappa shape index (κ1) is 13.7. The molecule has 1 aromatic rings. The van der Waals surface area contributed by atoms with Crippen LogP contribution in [-0.2, 0) is 4.79 Å². The molecule has 1 rings (SSSR count). The molecule has 0 heterocycles. The highest BCUT2D eigenvalue weighted by Crippen LogP contribution is 2.15. The molecule has 0 radical (unpaired) electrons. The molecule has 0 aliphatic rings. The molecule has 4 N–H and O–H groups in total. The van der Waals surface area contributed by atoms with Crippen molar-refractivity contribution in [1.29, 1.82) is 0 Å². The number of nitrogens with one attached hydrogen (secondary N) is 1. The molecule has 0 aromatic heterocycles. The summed E-state index contributed by atoms with van der Waals surface area (Å²) in [6.07, 6.45) is -0.431. The van der Waals surface area contributed by atoms with Crippen molar-refractivity contribution < 1.29 is 9.90 Å². The Bertz CT molecular complexity index is 352. The number of nitrogens with two attached hydrogens (primary N) is 1. The van der Waals surface area contributed by atoms with Gasteiger partial charge in [0.1, 0.15) is 0 Å². The van der Waals surface area contributed by atoms with Crippen LogP contribution in [0.15, 0.2) is 30.3 Å². The van der Waals surface area contributed by atoms with E-state index in [9.17, 15) is 9.90 Å². The molecule has 0 saturated heterocycles. The lowest BCUT2D eigenvalue weighted by atomic mass is 10.0. The molecule has 0 aliphatic carbocycles. The molecule has 17 heavy (non-hydrogen) atoms. The molecule has 1 aromatic carbocycles. The monoisotopic (exact) mass is 236 g/mol. The van der Waals surface area contributed by atoms with Crippen LogP contribution in [0.25, 0.3) is 0 Å². The van der Waals surface area contributed by atoms with Gasteiger partial charge in [0.2, 0.25) is 5.91 Å². The van der Waals surface area contributed by atoms with E-state index in [1.54, 1.807) is 13.8 Å². The Morgan fingerprint density at radius 1 is 1.35 bits per heavy atom. The van der Waals surface area contributed by atoms with Crippen LogP contribution < -0.4 is 11.1 Å². The van der Waals surface area contributed by atoms with Crippen LogP contribution in [0.5, 0.6) is 0 Å². The standard InChI is InChI=1S/C13H20N2O2/c1-9(14)8-12(16)15-10(2)13(17)11-6-4-3-5-7-11/h3-7,9-10,13,17H,8,14H2,1-2H3,(H,15,16). The quantitative estimate of drug-likeness (QED) is 0.713. The number of aliphatic hydroxyl groups excluding tert-OH is 1. The molecule has 4 nitrogen and oxygen atoms in total. The van der Waals surface area contributed by atoms with Gasteiger partial charge in [0.15, 0.2) is 0 Å². The third-order valence-electron chi connectivity index (χ3n) is 2.51. The minimum Gasteiger partial charge on any atom is -0.386 e. The Kier molecular flexibility index (Phi) is 5.12. The van der Waals surface area contributed by atoms with Crippen molar-refractivity contribution in [1.82, 2.24) is 5.32 Å². The summed E-state index contributed by atoms with van der Waals surface area (Å²) in [5.74, 6) is -0.137. The Labute approximate surface area is 102 Å². The van der Waals surface area contributed by atoms with Gasteiger partial charge in [-0.2, -0.15) is 0 Å². The van der Waals surface area contributed by atoms with Crippen LogP contribution in [0.2, 0.25) is 0 Å². The molecular weight excluding hydrogens is 216 g/mol. The smallest absolute Gasteiger partial charge is 0.221 e. The molecule has 94 valence electrons. The molecule has 0 fully saturated rings. The minimum atomic E-state index is -0.701. The molecule has 3 unspecified atom stereocenters. The SMILES string of the molecule is CC(N)CC(=O)NC(C)C(O)c1ccccc1. The third kappa shape index (κ3) is 4.54. The van der Waals surface area contributed by atoms with E-state index in [4.69, 9.17) is 5.73 Å². The van der Waals surface area contributed by atoms with Crippen LogP contribution in [0.1, 0.15) is 31.9 Å². The van der Waals surface area contributed by atoms with Crippen LogP contribution in [-0.4, -0.2) is 23.1 Å². The average Bonchev–Trinajstić information content (AvgIpc) is 2.28. The number of benzene rings is 1. The normalized spacial score (nSPS) is 16.0. The van der Waals surface area contributed by atoms with Crippen LogP contribution >= 0.6 is 0 Å². The number of amides is 1. The molecule has 0 aliphatic heterocycles. The fourth-order valence-electron chi connectivity index (χ4n) is 1.62. The predicted octanol–water partition coefficient (Wildman–Crippen LogP) is 0.962. The number of carbonyl (C=O) groups is 1. The summed E-state index contributed by atoms with van der Waals surface area (Å²) >= 11 is 0. The van der Waals surface area contributed by atoms with E-state index in [1.807, 2.05) is 30.3 Å². The topological polar surface area (TPSA) is 75.4 Å². The van der Waals surface area contributed by atoms with E-state index in [0.717, 1.165) is 5.56 Å². The fraction of sp³-hybridized carbons (Fsp3) is 0.462. The van der Waals surface area contributed by atoms with Gasteiger partial charge in [0.05, 0.1) is 12.1 Å². The van der Waals surface area contributed by atoms with Gasteiger partial charge in [-0.3, -0.25) is 4.79 Å². The zero-order chi connectivity index (χ0) is 12.8. The summed E-state index contributed by atoms with van der Waals surface area (Å²) in [7, 11) is 0. The lowest BCUT2D eigenvalue weighted by Crippen LogP contribution is -2.39. The van der Waals surface area contributed by atoms with Gasteiger partial charge in [0, 0.05) is 12.5 Å². The largest absolute Gasteiger partial charge is 0.386 e. The molecule has 1 amide bonds. The molecule has 0 saturated carbocycles. The van der Waals surface area contributed by atoms with E-state index in [1.165, 1.54) is 0 Å². The number of aliphatic hydroxyl groups is 1. The van der Waals surface area contributed by atoms with Crippen LogP contribution in [0, 0.1) is 0 Å². The highest BCUT2D eigenvalue weighted by Gasteiger charge is 2.18. The van der Waals surface area contributed by atoms with Gasteiger partial charge in [-0.15, -0.1) is 0 Å². The number of hydrogen-bond acceptors (Lipinski definition) is 3. The van der Waals surface area contributed by atoms with Gasteiger partial charge < -0.3 is 16.2 Å². The zero-order valence-electron chi connectivity index (χ0n) is 10.3. The summed E-state index contributed by atoms with van der Waals surface area (Å²) in [6.45, 7) is 3.55. The first-order chi connectivity index (χ1) is 8.00. The first-order valence-corrected chi connectivity index (χ1v) is 5.78. The van der Waals surface area contributed by atoms with E-state index >= 15 is 0 Å². The summed E-state index contributed by atoms with van der Waals surface area (Å²) < 4.78 is 0. The second-order valence-corrected chi connectivity index (χ2v) is 4.39. The van der Waals surface area contributed by atoms with Crippen LogP contribution in [0.4, 0.5) is 0 Å². The van der Waals surface area contributed by atoms with Gasteiger partial charge in [-0.1, -0.05) is 30.3 Å². The van der Waals surface area contributed by atoms with E-state index in [-0.39, 0.29) is 24.4 Å². The molecular formula is C13H20N2O2. The molecule has 3 atom stereocenters. The average molecular weight is 236 g/mol. The van der Waals surface area contributed by atoms with E-state index < -0.39 is 6.10 Å². The highest BCUT2D eigenvalue weighted by atomic mass is 16.3. The summed E-state index contributed by atoms with van der Waals surface area (Å²) in [6, 6.07) is 8.76. The second kappa shape index (κ2) is 6.37. The van der Waals surface area contributed by atoms with Crippen molar-refractivity contribution in [2.75, 3.05) is 0 Å². The third-order valence-corrected chi connectivity index (χ3v) is 2.51. The van der Waals surface area contributed by atoms with Crippen molar-refractivity contribution in [3.63, 3.8) is 0 Å². The van der Waals surface area contributed by atoms with Crippen LogP contribution in [0.3, 0.4) is 0 Å². The van der Waals surface area contributed by atoms with Crippen molar-refractivity contribution >= 4 is 5.91 Å². The fourth-order valence-corrected chi connectivity index (χ4v) is 1.62. The number of hydrogen-bond donors (Lipinski definition) is 3. The lowest BCUT2D eigenvalue weighted by molar-refractivity contribution is -0.122. The minimum absolute atomic E-state index is 0.137. The van der Waals surface area contributed by atoms with Crippen molar-refractivity contribution in [3.05, 3.63) is 35.9 Å². The van der Waals surface area contributed by atoms with Crippen molar-refractivity contribution in [2.24, 2.45) is 5.73 Å². The number of carbonyl (C=O) groups excluding carboxylic acids is 1. The second-order valence-electron chi connectivity index (χ2n) is 4.39. The van der Waals surface area contributed by atoms with Gasteiger partial charge in [-0.25, -0.2) is 0 Å². The van der Waals surface area contributed by atoms with E-state index in [2.05, 4.69) is 5.32 Å². The molecule has 0 spiro atoms. The molecule has 0 bridgehead atoms. The maximum Gasteiger partial charge on any atom is 0.221 e. The molecule has 4 heteroatoms. The zero-order valence-corrected chi connectivity index (χ0v) is 10.3. The van der Waals surface area contributed by atoms with E-state index in [0.29, 0.717) is 0 Å². The van der Waals surface area contributed by atoms with Gasteiger partial charge in [0.25, 0.3) is 0 Å². The Morgan fingerprint density at radius 2 is 1.94 bits per heavy atom. The first-order valence-electron chi connectivity index (χ1n) is 5.78. The maximum atomic E-state index is 11.5. The summed E-state index contributed by atoms with van der Waals surface area (Å²) in [5.41, 5.74) is 6.33. The van der Waals surface area contributed by atoms with Gasteiger partial charge in [-0.05, 0) is 19.4 Å². The Balaban J connectivity index is 2.53. The lowest BCUT2D eigenvalue weighted by Gasteiger charge is -2.21.